The average molecular weight is 571 g/mol. The number of hydrogen-bond acceptors (Lipinski definition) is 5. The van der Waals surface area contributed by atoms with Crippen molar-refractivity contribution in [3.63, 3.8) is 0 Å². The quantitative estimate of drug-likeness (QED) is 0.254. The van der Waals surface area contributed by atoms with Crippen LogP contribution in [-0.4, -0.2) is 41.8 Å². The maximum atomic E-state index is 14.0. The van der Waals surface area contributed by atoms with Gasteiger partial charge < -0.3 is 4.90 Å². The van der Waals surface area contributed by atoms with Gasteiger partial charge in [-0.3, -0.25) is 18.8 Å². The molecule has 5 aromatic rings. The van der Waals surface area contributed by atoms with E-state index in [0.717, 1.165) is 23.5 Å². The predicted octanol–water partition coefficient (Wildman–Crippen LogP) is 5.46. The summed E-state index contributed by atoms with van der Waals surface area (Å²) in [7, 11) is 1.84. The van der Waals surface area contributed by atoms with Crippen LogP contribution in [-0.2, 0) is 18.3 Å². The lowest BCUT2D eigenvalue weighted by atomic mass is 10.1. The third-order valence-electron chi connectivity index (χ3n) is 7.30. The molecule has 1 unspecified atom stereocenters. The van der Waals surface area contributed by atoms with Gasteiger partial charge in [-0.05, 0) is 56.2 Å². The van der Waals surface area contributed by atoms with E-state index >= 15 is 0 Å². The van der Waals surface area contributed by atoms with Crippen LogP contribution in [0.1, 0.15) is 18.2 Å². The number of fused-ring (bicyclic) bond motifs is 1. The van der Waals surface area contributed by atoms with Crippen molar-refractivity contribution in [2.45, 2.75) is 31.5 Å². The number of carbonyl (C=O) groups excluding carboxylic acids is 1. The Kier molecular flexibility index (Phi) is 6.85. The summed E-state index contributed by atoms with van der Waals surface area (Å²) in [5.74, 6) is 0.548. The first-order valence-corrected chi connectivity index (χ1v) is 14.3. The summed E-state index contributed by atoms with van der Waals surface area (Å²) in [6, 6.07) is 24.8. The van der Waals surface area contributed by atoms with Gasteiger partial charge in [0.25, 0.3) is 5.56 Å². The molecule has 1 atom stereocenters. The molecular weight excluding hydrogens is 544 g/mol. The van der Waals surface area contributed by atoms with Gasteiger partial charge in [-0.2, -0.15) is 0 Å². The van der Waals surface area contributed by atoms with Crippen LogP contribution in [0.4, 0.5) is 5.69 Å². The molecule has 3 heterocycles. The van der Waals surface area contributed by atoms with Gasteiger partial charge in [-0.25, -0.2) is 4.68 Å². The number of benzene rings is 3. The number of nitrogens with zero attached hydrogens (tertiary/aromatic N) is 6. The summed E-state index contributed by atoms with van der Waals surface area (Å²) >= 11 is 7.84. The molecule has 6 rings (SSSR count). The molecule has 1 amide bonds. The molecule has 202 valence electrons. The molecule has 1 aliphatic rings. The first-order chi connectivity index (χ1) is 19.4. The topological polar surface area (TPSA) is 78.0 Å². The average Bonchev–Trinajstić information content (AvgIpc) is 3.58. The molecule has 2 aromatic heterocycles. The van der Waals surface area contributed by atoms with Gasteiger partial charge in [0, 0.05) is 24.3 Å². The third-order valence-corrected chi connectivity index (χ3v) is 8.54. The number of anilines is 1. The fraction of sp³-hybridized carbons (Fsp3) is 0.200. The second-order valence-corrected chi connectivity index (χ2v) is 11.1. The molecule has 0 radical (unpaired) electrons. The third kappa shape index (κ3) is 4.35. The van der Waals surface area contributed by atoms with E-state index in [4.69, 9.17) is 11.6 Å². The highest BCUT2D eigenvalue weighted by molar-refractivity contribution is 7.99. The van der Waals surface area contributed by atoms with Gasteiger partial charge in [-0.1, -0.05) is 71.9 Å². The van der Waals surface area contributed by atoms with Crippen LogP contribution in [0.5, 0.6) is 0 Å². The molecule has 40 heavy (non-hydrogen) atoms. The van der Waals surface area contributed by atoms with Crippen LogP contribution in [0, 0.1) is 6.92 Å². The second-order valence-electron chi connectivity index (χ2n) is 9.77. The Balaban J connectivity index is 1.44. The summed E-state index contributed by atoms with van der Waals surface area (Å²) in [6.07, 6.45) is 0.821. The molecular formula is C30H27ClN6O2S. The number of thioether (sulfide) groups is 1. The van der Waals surface area contributed by atoms with E-state index in [9.17, 15) is 9.59 Å². The van der Waals surface area contributed by atoms with Crippen LogP contribution in [0.15, 0.2) is 88.8 Å². The fourth-order valence-electron chi connectivity index (χ4n) is 5.34. The molecule has 3 aromatic carbocycles. The molecule has 0 saturated carbocycles. The minimum absolute atomic E-state index is 0.0252. The first kappa shape index (κ1) is 26.2. The molecule has 0 aliphatic carbocycles. The normalized spacial score (nSPS) is 14.5. The fourth-order valence-corrected chi connectivity index (χ4v) is 6.35. The Bertz CT molecular complexity index is 1790. The molecule has 0 saturated heterocycles. The molecule has 0 spiro atoms. The van der Waals surface area contributed by atoms with E-state index in [2.05, 4.69) is 23.2 Å². The largest absolute Gasteiger partial charge is 0.308 e. The van der Waals surface area contributed by atoms with Crippen LogP contribution >= 0.6 is 23.4 Å². The maximum absolute atomic E-state index is 14.0. The minimum Gasteiger partial charge on any atom is -0.308 e. The van der Waals surface area contributed by atoms with Gasteiger partial charge in [0.1, 0.15) is 5.69 Å². The van der Waals surface area contributed by atoms with Crippen molar-refractivity contribution in [2.75, 3.05) is 10.7 Å². The highest BCUT2D eigenvalue weighted by Gasteiger charge is 2.31. The number of amides is 1. The number of aromatic nitrogens is 5. The van der Waals surface area contributed by atoms with Crippen molar-refractivity contribution < 1.29 is 4.79 Å². The number of carbonyl (C=O) groups is 1. The van der Waals surface area contributed by atoms with Crippen molar-refractivity contribution in [3.8, 4) is 22.8 Å². The zero-order chi connectivity index (χ0) is 28.0. The van der Waals surface area contributed by atoms with Crippen LogP contribution in [0.2, 0.25) is 5.02 Å². The first-order valence-electron chi connectivity index (χ1n) is 12.9. The molecule has 0 fully saturated rings. The smallest absolute Gasteiger partial charge is 0.296 e. The number of para-hydroxylation sites is 2. The van der Waals surface area contributed by atoms with Gasteiger partial charge in [0.15, 0.2) is 11.0 Å². The van der Waals surface area contributed by atoms with Crippen molar-refractivity contribution >= 4 is 35.0 Å². The SMILES string of the molecule is Cc1c(-n2c(SCC(=O)N3c4ccccc4CC3C)nnc2-c2ccccc2Cl)c(=O)n(-c2ccccc2)n1C. The molecule has 1 aliphatic heterocycles. The van der Waals surface area contributed by atoms with Gasteiger partial charge in [-0.15, -0.1) is 10.2 Å². The van der Waals surface area contributed by atoms with Gasteiger partial charge in [0.05, 0.1) is 22.2 Å². The Morgan fingerprint density at radius 2 is 1.70 bits per heavy atom. The highest BCUT2D eigenvalue weighted by Crippen LogP contribution is 2.35. The zero-order valence-corrected chi connectivity index (χ0v) is 23.9. The van der Waals surface area contributed by atoms with Crippen LogP contribution in [0.3, 0.4) is 0 Å². The lowest BCUT2D eigenvalue weighted by Gasteiger charge is -2.22. The summed E-state index contributed by atoms with van der Waals surface area (Å²) in [6.45, 7) is 3.94. The Morgan fingerprint density at radius 1 is 1.00 bits per heavy atom. The lowest BCUT2D eigenvalue weighted by Crippen LogP contribution is -2.37. The Labute approximate surface area is 240 Å². The Morgan fingerprint density at radius 3 is 2.48 bits per heavy atom. The molecule has 8 nitrogen and oxygen atoms in total. The molecule has 0 N–H and O–H groups in total. The number of halogens is 1. The van der Waals surface area contributed by atoms with Crippen molar-refractivity contribution in [1.29, 1.82) is 0 Å². The van der Waals surface area contributed by atoms with Crippen molar-refractivity contribution in [3.05, 3.63) is 105 Å². The summed E-state index contributed by atoms with van der Waals surface area (Å²) in [4.78, 5) is 29.4. The van der Waals surface area contributed by atoms with E-state index < -0.39 is 0 Å². The standard InChI is InChI=1S/C30H27ClN6O2S/c1-19-17-21-11-7-10-16-25(21)35(19)26(38)18-40-30-33-32-28(23-14-8-9-15-24(23)31)36(30)27-20(2)34(3)37(29(27)39)22-12-5-4-6-13-22/h4-16,19H,17-18H2,1-3H3. The van der Waals surface area contributed by atoms with Gasteiger partial charge >= 0.3 is 0 Å². The number of hydrogen-bond donors (Lipinski definition) is 0. The molecule has 0 bridgehead atoms. The van der Waals surface area contributed by atoms with E-state index in [1.54, 1.807) is 15.3 Å². The second kappa shape index (κ2) is 10.5. The van der Waals surface area contributed by atoms with Crippen molar-refractivity contribution in [2.24, 2.45) is 7.05 Å². The number of rotatable bonds is 6. The highest BCUT2D eigenvalue weighted by atomic mass is 35.5. The van der Waals surface area contributed by atoms with Gasteiger partial charge in [0.2, 0.25) is 5.91 Å². The predicted molar refractivity (Wildman–Crippen MR) is 159 cm³/mol. The van der Waals surface area contributed by atoms with E-state index in [-0.39, 0.29) is 23.3 Å². The van der Waals surface area contributed by atoms with Crippen molar-refractivity contribution in [1.82, 2.24) is 24.1 Å². The summed E-state index contributed by atoms with van der Waals surface area (Å²) in [5.41, 5.74) is 4.39. The summed E-state index contributed by atoms with van der Waals surface area (Å²) < 4.78 is 5.16. The Hall–Kier alpha value is -4.08. The summed E-state index contributed by atoms with van der Waals surface area (Å²) in [5, 5.41) is 9.85. The van der Waals surface area contributed by atoms with E-state index in [0.29, 0.717) is 27.3 Å². The zero-order valence-electron chi connectivity index (χ0n) is 22.3. The van der Waals surface area contributed by atoms with E-state index in [1.165, 1.54) is 17.3 Å². The van der Waals surface area contributed by atoms with Crippen LogP contribution in [0.25, 0.3) is 22.8 Å². The van der Waals surface area contributed by atoms with Crippen LogP contribution < -0.4 is 10.5 Å². The lowest BCUT2D eigenvalue weighted by molar-refractivity contribution is -0.116. The maximum Gasteiger partial charge on any atom is 0.296 e. The molecule has 10 heteroatoms. The van der Waals surface area contributed by atoms with E-state index in [1.807, 2.05) is 90.3 Å². The minimum atomic E-state index is -0.227. The monoisotopic (exact) mass is 570 g/mol.